The number of carboxylic acids is 1. The van der Waals surface area contributed by atoms with Gasteiger partial charge in [0.2, 0.25) is 0 Å². The van der Waals surface area contributed by atoms with Crippen LogP contribution in [0, 0.1) is 0 Å². The zero-order chi connectivity index (χ0) is 7.41. The third-order valence-electron chi connectivity index (χ3n) is 2.80. The molecule has 2 rings (SSSR count). The van der Waals surface area contributed by atoms with Gasteiger partial charge in [0.15, 0.2) is 5.60 Å². The average Bonchev–Trinajstić information content (AvgIpc) is 2.37. The van der Waals surface area contributed by atoms with Crippen LogP contribution in [0.15, 0.2) is 0 Å². The summed E-state index contributed by atoms with van der Waals surface area (Å²) in [6, 6.07) is 0. The van der Waals surface area contributed by atoms with Crippen LogP contribution >= 0.6 is 0 Å². The summed E-state index contributed by atoms with van der Waals surface area (Å²) in [6.07, 6.45) is 2.97. The molecule has 0 bridgehead atoms. The van der Waals surface area contributed by atoms with Crippen molar-refractivity contribution in [2.45, 2.75) is 37.4 Å². The molecular formula is C7H10O3. The van der Waals surface area contributed by atoms with E-state index < -0.39 is 11.6 Å². The maximum absolute atomic E-state index is 10.6. The zero-order valence-corrected chi connectivity index (χ0v) is 5.89. The van der Waals surface area contributed by atoms with Gasteiger partial charge >= 0.3 is 5.97 Å². The summed E-state index contributed by atoms with van der Waals surface area (Å²) < 4.78 is 5.19. The highest BCUT2D eigenvalue weighted by molar-refractivity contribution is 5.82. The van der Waals surface area contributed by atoms with Crippen LogP contribution in [0.25, 0.3) is 0 Å². The Balaban J connectivity index is 2.16. The summed E-state index contributed by atoms with van der Waals surface area (Å²) in [5.74, 6) is -0.813. The molecule has 2 aliphatic rings. The van der Waals surface area contributed by atoms with Crippen LogP contribution in [-0.2, 0) is 9.53 Å². The van der Waals surface area contributed by atoms with Crippen molar-refractivity contribution in [3.8, 4) is 0 Å². The van der Waals surface area contributed by atoms with Crippen LogP contribution < -0.4 is 0 Å². The topological polar surface area (TPSA) is 49.8 Å². The van der Waals surface area contributed by atoms with Crippen molar-refractivity contribution in [1.29, 1.82) is 0 Å². The highest BCUT2D eigenvalue weighted by Crippen LogP contribution is 2.60. The quantitative estimate of drug-likeness (QED) is 0.550. The van der Waals surface area contributed by atoms with Gasteiger partial charge in [-0.05, 0) is 26.2 Å². The molecule has 3 nitrogen and oxygen atoms in total. The lowest BCUT2D eigenvalue weighted by Crippen LogP contribution is -2.36. The Kier molecular flexibility index (Phi) is 0.844. The molecule has 56 valence electrons. The SMILES string of the molecule is CC1(C(=O)O)OC12CCC2. The van der Waals surface area contributed by atoms with Gasteiger partial charge in [-0.15, -0.1) is 0 Å². The molecule has 0 aromatic rings. The van der Waals surface area contributed by atoms with Crippen LogP contribution in [0.1, 0.15) is 26.2 Å². The van der Waals surface area contributed by atoms with E-state index in [2.05, 4.69) is 0 Å². The van der Waals surface area contributed by atoms with Crippen LogP contribution in [0.5, 0.6) is 0 Å². The largest absolute Gasteiger partial charge is 0.479 e. The first-order valence-corrected chi connectivity index (χ1v) is 3.54. The summed E-state index contributed by atoms with van der Waals surface area (Å²) in [5, 5.41) is 8.69. The predicted octanol–water partition coefficient (Wildman–Crippen LogP) is 0.783. The summed E-state index contributed by atoms with van der Waals surface area (Å²) in [5.41, 5.74) is -1.09. The van der Waals surface area contributed by atoms with Gasteiger partial charge in [-0.1, -0.05) is 0 Å². The van der Waals surface area contributed by atoms with Gasteiger partial charge in [0, 0.05) is 0 Å². The smallest absolute Gasteiger partial charge is 0.338 e. The van der Waals surface area contributed by atoms with Crippen molar-refractivity contribution in [3.05, 3.63) is 0 Å². The summed E-state index contributed by atoms with van der Waals surface area (Å²) >= 11 is 0. The third-order valence-corrected chi connectivity index (χ3v) is 2.80. The standard InChI is InChI=1S/C7H10O3/c1-6(5(8)9)7(10-6)3-2-4-7/h2-4H2,1H3,(H,8,9). The van der Waals surface area contributed by atoms with Crippen molar-refractivity contribution < 1.29 is 14.6 Å². The van der Waals surface area contributed by atoms with E-state index in [1.807, 2.05) is 0 Å². The molecule has 1 aliphatic heterocycles. The molecule has 1 spiro atoms. The number of rotatable bonds is 1. The molecule has 1 atom stereocenters. The molecule has 1 saturated carbocycles. The van der Waals surface area contributed by atoms with E-state index in [1.165, 1.54) is 0 Å². The highest BCUT2D eigenvalue weighted by atomic mass is 16.7. The van der Waals surface area contributed by atoms with Crippen LogP contribution in [-0.4, -0.2) is 22.3 Å². The minimum Gasteiger partial charge on any atom is -0.479 e. The number of hydrogen-bond donors (Lipinski definition) is 1. The molecule has 1 unspecified atom stereocenters. The average molecular weight is 142 g/mol. The van der Waals surface area contributed by atoms with Crippen molar-refractivity contribution in [2.75, 3.05) is 0 Å². The molecule has 3 heteroatoms. The predicted molar refractivity (Wildman–Crippen MR) is 33.7 cm³/mol. The molecule has 1 heterocycles. The number of aliphatic carboxylic acids is 1. The molecule has 1 aliphatic carbocycles. The normalized spacial score (nSPS) is 40.9. The summed E-state index contributed by atoms with van der Waals surface area (Å²) in [4.78, 5) is 10.6. The van der Waals surface area contributed by atoms with E-state index in [-0.39, 0.29) is 5.60 Å². The molecule has 1 saturated heterocycles. The molecule has 0 aromatic carbocycles. The van der Waals surface area contributed by atoms with E-state index in [9.17, 15) is 4.79 Å². The van der Waals surface area contributed by atoms with E-state index >= 15 is 0 Å². The van der Waals surface area contributed by atoms with Crippen molar-refractivity contribution in [3.63, 3.8) is 0 Å². The summed E-state index contributed by atoms with van der Waals surface area (Å²) in [7, 11) is 0. The van der Waals surface area contributed by atoms with Gasteiger partial charge in [0.25, 0.3) is 0 Å². The van der Waals surface area contributed by atoms with Crippen molar-refractivity contribution in [2.24, 2.45) is 0 Å². The fourth-order valence-electron chi connectivity index (χ4n) is 1.68. The van der Waals surface area contributed by atoms with E-state index in [0.717, 1.165) is 19.3 Å². The number of carboxylic acid groups (broad SMARTS) is 1. The Bertz CT molecular complexity index is 195. The lowest BCUT2D eigenvalue weighted by molar-refractivity contribution is -0.142. The Labute approximate surface area is 59.0 Å². The van der Waals surface area contributed by atoms with Crippen LogP contribution in [0.3, 0.4) is 0 Å². The Morgan fingerprint density at radius 3 is 2.30 bits per heavy atom. The maximum Gasteiger partial charge on any atom is 0.338 e. The first-order chi connectivity index (χ1) is 4.61. The molecular weight excluding hydrogens is 132 g/mol. The van der Waals surface area contributed by atoms with E-state index in [4.69, 9.17) is 9.84 Å². The monoisotopic (exact) mass is 142 g/mol. The lowest BCUT2D eigenvalue weighted by Gasteiger charge is -2.23. The molecule has 0 aromatic heterocycles. The Morgan fingerprint density at radius 2 is 2.20 bits per heavy atom. The Morgan fingerprint density at radius 1 is 1.60 bits per heavy atom. The van der Waals surface area contributed by atoms with Gasteiger partial charge in [-0.2, -0.15) is 0 Å². The fourth-order valence-corrected chi connectivity index (χ4v) is 1.68. The van der Waals surface area contributed by atoms with Gasteiger partial charge < -0.3 is 9.84 Å². The first kappa shape index (κ1) is 6.16. The molecule has 0 radical (unpaired) electrons. The Hall–Kier alpha value is -0.570. The number of ether oxygens (including phenoxy) is 1. The first-order valence-electron chi connectivity index (χ1n) is 3.54. The van der Waals surface area contributed by atoms with Crippen molar-refractivity contribution in [1.82, 2.24) is 0 Å². The maximum atomic E-state index is 10.6. The lowest BCUT2D eigenvalue weighted by atomic mass is 9.76. The van der Waals surface area contributed by atoms with Crippen LogP contribution in [0.2, 0.25) is 0 Å². The van der Waals surface area contributed by atoms with Gasteiger partial charge in [0.05, 0.1) is 0 Å². The number of epoxide rings is 1. The third kappa shape index (κ3) is 0.440. The minimum absolute atomic E-state index is 0.251. The second-order valence-electron chi connectivity index (χ2n) is 3.29. The molecule has 0 amide bonds. The minimum atomic E-state index is -0.842. The van der Waals surface area contributed by atoms with Crippen LogP contribution in [0.4, 0.5) is 0 Å². The highest BCUT2D eigenvalue weighted by Gasteiger charge is 2.74. The molecule has 1 N–H and O–H groups in total. The fraction of sp³-hybridized carbons (Fsp3) is 0.857. The number of hydrogen-bond acceptors (Lipinski definition) is 2. The second kappa shape index (κ2) is 1.37. The molecule has 10 heavy (non-hydrogen) atoms. The molecule has 2 fully saturated rings. The van der Waals surface area contributed by atoms with E-state index in [1.54, 1.807) is 6.92 Å². The van der Waals surface area contributed by atoms with Crippen molar-refractivity contribution >= 4 is 5.97 Å². The summed E-state index contributed by atoms with van der Waals surface area (Å²) in [6.45, 7) is 1.66. The second-order valence-corrected chi connectivity index (χ2v) is 3.29. The van der Waals surface area contributed by atoms with E-state index in [0.29, 0.717) is 0 Å². The van der Waals surface area contributed by atoms with Gasteiger partial charge in [0.1, 0.15) is 5.60 Å². The van der Waals surface area contributed by atoms with Gasteiger partial charge in [-0.3, -0.25) is 0 Å². The van der Waals surface area contributed by atoms with Gasteiger partial charge in [-0.25, -0.2) is 4.79 Å². The number of carbonyl (C=O) groups is 1. The zero-order valence-electron chi connectivity index (χ0n) is 5.89.